The lowest BCUT2D eigenvalue weighted by atomic mass is 9.95. The molecule has 0 fully saturated rings. The van der Waals surface area contributed by atoms with E-state index in [1.54, 1.807) is 7.11 Å². The Hall–Kier alpha value is -1.87. The van der Waals surface area contributed by atoms with Gasteiger partial charge in [-0.15, -0.1) is 0 Å². The van der Waals surface area contributed by atoms with Gasteiger partial charge >= 0.3 is 0 Å². The summed E-state index contributed by atoms with van der Waals surface area (Å²) in [5, 5.41) is 3.62. The third-order valence-corrected chi connectivity index (χ3v) is 3.69. The Kier molecular flexibility index (Phi) is 5.34. The van der Waals surface area contributed by atoms with Crippen LogP contribution in [-0.2, 0) is 0 Å². The van der Waals surface area contributed by atoms with E-state index < -0.39 is 0 Å². The molecule has 0 saturated carbocycles. The number of benzene rings is 1. The summed E-state index contributed by atoms with van der Waals surface area (Å²) >= 11 is 0. The monoisotopic (exact) mass is 284 g/mol. The minimum atomic E-state index is 0.106. The van der Waals surface area contributed by atoms with Gasteiger partial charge in [0.2, 0.25) is 0 Å². The molecule has 2 aromatic rings. The second-order valence-electron chi connectivity index (χ2n) is 5.36. The normalized spacial score (nSPS) is 12.2. The number of rotatable bonds is 6. The van der Waals surface area contributed by atoms with Crippen LogP contribution in [0.4, 0.5) is 0 Å². The molecular formula is C18H24N2O. The molecule has 0 radical (unpaired) electrons. The summed E-state index contributed by atoms with van der Waals surface area (Å²) in [6.45, 7) is 7.33. The van der Waals surface area contributed by atoms with E-state index in [2.05, 4.69) is 55.3 Å². The first kappa shape index (κ1) is 15.5. The van der Waals surface area contributed by atoms with Crippen LogP contribution in [0.25, 0.3) is 0 Å². The molecule has 1 heterocycles. The molecule has 0 bridgehead atoms. The van der Waals surface area contributed by atoms with Gasteiger partial charge in [0.15, 0.2) is 0 Å². The summed E-state index contributed by atoms with van der Waals surface area (Å²) in [5.41, 5.74) is 4.80. The van der Waals surface area contributed by atoms with Crippen LogP contribution in [0.1, 0.15) is 41.6 Å². The standard InChI is InChI=1S/C18H24N2O/c1-5-9-20-18(16-12-19-10-8-14(16)3)15-7-6-13(2)11-17(15)21-4/h6-8,10-12,18,20H,5,9H2,1-4H3. The Morgan fingerprint density at radius 2 is 2.00 bits per heavy atom. The lowest BCUT2D eigenvalue weighted by Gasteiger charge is -2.23. The molecule has 0 saturated heterocycles. The van der Waals surface area contributed by atoms with Crippen LogP contribution in [0.15, 0.2) is 36.7 Å². The Morgan fingerprint density at radius 1 is 1.19 bits per heavy atom. The van der Waals surface area contributed by atoms with Crippen molar-refractivity contribution in [3.05, 3.63) is 58.9 Å². The molecule has 0 aliphatic carbocycles. The first-order chi connectivity index (χ1) is 10.2. The number of ether oxygens (including phenoxy) is 1. The molecule has 2 rings (SSSR count). The maximum atomic E-state index is 5.59. The average molecular weight is 284 g/mol. The molecule has 21 heavy (non-hydrogen) atoms. The molecule has 1 aromatic heterocycles. The van der Waals surface area contributed by atoms with E-state index in [0.29, 0.717) is 0 Å². The molecule has 3 heteroatoms. The zero-order valence-electron chi connectivity index (χ0n) is 13.3. The number of aromatic nitrogens is 1. The van der Waals surface area contributed by atoms with Crippen molar-refractivity contribution in [3.8, 4) is 5.75 Å². The minimum Gasteiger partial charge on any atom is -0.496 e. The average Bonchev–Trinajstić information content (AvgIpc) is 2.50. The molecule has 1 atom stereocenters. The summed E-state index contributed by atoms with van der Waals surface area (Å²) in [5.74, 6) is 0.923. The number of hydrogen-bond acceptors (Lipinski definition) is 3. The largest absolute Gasteiger partial charge is 0.496 e. The van der Waals surface area contributed by atoms with Gasteiger partial charge in [0.1, 0.15) is 5.75 Å². The Labute approximate surface area is 127 Å². The van der Waals surface area contributed by atoms with Gasteiger partial charge < -0.3 is 10.1 Å². The zero-order valence-corrected chi connectivity index (χ0v) is 13.3. The molecule has 3 nitrogen and oxygen atoms in total. The summed E-state index contributed by atoms with van der Waals surface area (Å²) in [4.78, 5) is 4.29. The van der Waals surface area contributed by atoms with Crippen LogP contribution >= 0.6 is 0 Å². The van der Waals surface area contributed by atoms with E-state index in [9.17, 15) is 0 Å². The first-order valence-corrected chi connectivity index (χ1v) is 7.45. The Balaban J connectivity index is 2.48. The highest BCUT2D eigenvalue weighted by atomic mass is 16.5. The van der Waals surface area contributed by atoms with Crippen molar-refractivity contribution in [2.75, 3.05) is 13.7 Å². The summed E-state index contributed by atoms with van der Waals surface area (Å²) in [6.07, 6.45) is 4.87. The Morgan fingerprint density at radius 3 is 2.67 bits per heavy atom. The molecule has 0 aliphatic heterocycles. The SMILES string of the molecule is CCCNC(c1cnccc1C)c1ccc(C)cc1OC. The highest BCUT2D eigenvalue weighted by Gasteiger charge is 2.19. The molecule has 1 unspecified atom stereocenters. The third-order valence-electron chi connectivity index (χ3n) is 3.69. The van der Waals surface area contributed by atoms with E-state index >= 15 is 0 Å². The van der Waals surface area contributed by atoms with Gasteiger partial charge in [0.25, 0.3) is 0 Å². The third kappa shape index (κ3) is 3.61. The predicted molar refractivity (Wildman–Crippen MR) is 86.8 cm³/mol. The van der Waals surface area contributed by atoms with Crippen LogP contribution < -0.4 is 10.1 Å². The van der Waals surface area contributed by atoms with E-state index in [1.807, 2.05) is 12.4 Å². The molecule has 1 N–H and O–H groups in total. The molecule has 0 spiro atoms. The van der Waals surface area contributed by atoms with Crippen molar-refractivity contribution in [2.45, 2.75) is 33.2 Å². The van der Waals surface area contributed by atoms with Crippen molar-refractivity contribution < 1.29 is 4.74 Å². The maximum absolute atomic E-state index is 5.59. The number of nitrogens with zero attached hydrogens (tertiary/aromatic N) is 1. The zero-order chi connectivity index (χ0) is 15.2. The van der Waals surface area contributed by atoms with Gasteiger partial charge in [-0.1, -0.05) is 19.1 Å². The van der Waals surface area contributed by atoms with Crippen molar-refractivity contribution in [2.24, 2.45) is 0 Å². The quantitative estimate of drug-likeness (QED) is 0.876. The summed E-state index contributed by atoms with van der Waals surface area (Å²) in [6, 6.07) is 8.52. The smallest absolute Gasteiger partial charge is 0.124 e. The van der Waals surface area contributed by atoms with Crippen LogP contribution in [0.5, 0.6) is 5.75 Å². The number of methoxy groups -OCH3 is 1. The number of aryl methyl sites for hydroxylation is 2. The molecule has 0 aliphatic rings. The van der Waals surface area contributed by atoms with Gasteiger partial charge in [-0.25, -0.2) is 0 Å². The maximum Gasteiger partial charge on any atom is 0.124 e. The topological polar surface area (TPSA) is 34.2 Å². The Bertz CT molecular complexity index is 596. The van der Waals surface area contributed by atoms with E-state index in [1.165, 1.54) is 16.7 Å². The fraction of sp³-hybridized carbons (Fsp3) is 0.389. The minimum absolute atomic E-state index is 0.106. The molecule has 1 aromatic carbocycles. The van der Waals surface area contributed by atoms with Gasteiger partial charge in [-0.3, -0.25) is 4.98 Å². The van der Waals surface area contributed by atoms with Gasteiger partial charge in [-0.05, 0) is 55.6 Å². The van der Waals surface area contributed by atoms with E-state index in [4.69, 9.17) is 4.74 Å². The number of pyridine rings is 1. The van der Waals surface area contributed by atoms with E-state index in [0.717, 1.165) is 24.3 Å². The fourth-order valence-electron chi connectivity index (χ4n) is 2.51. The lowest BCUT2D eigenvalue weighted by Crippen LogP contribution is -2.24. The van der Waals surface area contributed by atoms with Crippen molar-refractivity contribution in [1.82, 2.24) is 10.3 Å². The van der Waals surface area contributed by atoms with Gasteiger partial charge in [0, 0.05) is 18.0 Å². The van der Waals surface area contributed by atoms with Crippen LogP contribution in [0, 0.1) is 13.8 Å². The van der Waals surface area contributed by atoms with Crippen molar-refractivity contribution in [1.29, 1.82) is 0 Å². The highest BCUT2D eigenvalue weighted by Crippen LogP contribution is 2.32. The fourth-order valence-corrected chi connectivity index (χ4v) is 2.51. The predicted octanol–water partition coefficient (Wildman–Crippen LogP) is 3.80. The second-order valence-corrected chi connectivity index (χ2v) is 5.36. The summed E-state index contributed by atoms with van der Waals surface area (Å²) < 4.78 is 5.59. The number of hydrogen-bond donors (Lipinski definition) is 1. The van der Waals surface area contributed by atoms with Crippen LogP contribution in [0.2, 0.25) is 0 Å². The summed E-state index contributed by atoms with van der Waals surface area (Å²) in [7, 11) is 1.73. The van der Waals surface area contributed by atoms with E-state index in [-0.39, 0.29) is 6.04 Å². The number of nitrogens with one attached hydrogen (secondary N) is 1. The van der Waals surface area contributed by atoms with Crippen molar-refractivity contribution in [3.63, 3.8) is 0 Å². The molecule has 112 valence electrons. The second kappa shape index (κ2) is 7.23. The van der Waals surface area contributed by atoms with Gasteiger partial charge in [-0.2, -0.15) is 0 Å². The van der Waals surface area contributed by atoms with Gasteiger partial charge in [0.05, 0.1) is 13.2 Å². The van der Waals surface area contributed by atoms with Crippen molar-refractivity contribution >= 4 is 0 Å². The molecular weight excluding hydrogens is 260 g/mol. The lowest BCUT2D eigenvalue weighted by molar-refractivity contribution is 0.403. The highest BCUT2D eigenvalue weighted by molar-refractivity contribution is 5.44. The van der Waals surface area contributed by atoms with Crippen LogP contribution in [0.3, 0.4) is 0 Å². The first-order valence-electron chi connectivity index (χ1n) is 7.45. The van der Waals surface area contributed by atoms with Crippen LogP contribution in [-0.4, -0.2) is 18.6 Å². The molecule has 0 amide bonds.